The fraction of sp³-hybridized carbons (Fsp3) is 0.375. The normalized spacial score (nSPS) is 13.8. The summed E-state index contributed by atoms with van der Waals surface area (Å²) in [5, 5.41) is 11.9. The molecule has 0 spiro atoms. The van der Waals surface area contributed by atoms with Crippen molar-refractivity contribution in [3.63, 3.8) is 0 Å². The van der Waals surface area contributed by atoms with E-state index >= 15 is 0 Å². The van der Waals surface area contributed by atoms with Crippen LogP contribution in [-0.4, -0.2) is 25.9 Å². The van der Waals surface area contributed by atoms with Gasteiger partial charge in [-0.2, -0.15) is 0 Å². The van der Waals surface area contributed by atoms with E-state index in [2.05, 4.69) is 13.0 Å². The topological polar surface area (TPSA) is 38.7 Å². The van der Waals surface area contributed by atoms with Crippen molar-refractivity contribution in [3.05, 3.63) is 46.2 Å². The Labute approximate surface area is 123 Å². The van der Waals surface area contributed by atoms with Crippen LogP contribution in [0.5, 0.6) is 11.5 Å². The molecule has 108 valence electrons. The van der Waals surface area contributed by atoms with E-state index in [1.807, 2.05) is 29.6 Å². The Kier molecular flexibility index (Phi) is 4.68. The Hall–Kier alpha value is -1.52. The molecule has 1 heterocycles. The molecule has 0 bridgehead atoms. The van der Waals surface area contributed by atoms with Crippen molar-refractivity contribution in [3.8, 4) is 11.5 Å². The summed E-state index contributed by atoms with van der Waals surface area (Å²) in [6.45, 7) is 2.17. The standard InChI is InChI=1S/C16H20O3S/c1-16(11-17,15-5-4-8-20-15)10-12-6-7-13(18-2)9-14(12)19-3/h4-9,17H,10-11H2,1-3H3. The van der Waals surface area contributed by atoms with Gasteiger partial charge in [0.2, 0.25) is 0 Å². The van der Waals surface area contributed by atoms with E-state index in [0.717, 1.165) is 23.5 Å². The lowest BCUT2D eigenvalue weighted by Gasteiger charge is -2.27. The predicted octanol–water partition coefficient (Wildman–Crippen LogP) is 3.26. The van der Waals surface area contributed by atoms with Crippen molar-refractivity contribution in [1.82, 2.24) is 0 Å². The van der Waals surface area contributed by atoms with Crippen molar-refractivity contribution in [2.24, 2.45) is 0 Å². The maximum atomic E-state index is 9.82. The van der Waals surface area contributed by atoms with Crippen molar-refractivity contribution < 1.29 is 14.6 Å². The molecule has 3 nitrogen and oxygen atoms in total. The van der Waals surface area contributed by atoms with Crippen molar-refractivity contribution in [1.29, 1.82) is 0 Å². The first-order chi connectivity index (χ1) is 9.62. The predicted molar refractivity (Wildman–Crippen MR) is 82.0 cm³/mol. The van der Waals surface area contributed by atoms with E-state index < -0.39 is 0 Å². The zero-order valence-electron chi connectivity index (χ0n) is 12.1. The van der Waals surface area contributed by atoms with Gasteiger partial charge in [-0.05, 0) is 29.5 Å². The summed E-state index contributed by atoms with van der Waals surface area (Å²) in [5.74, 6) is 1.56. The number of hydrogen-bond acceptors (Lipinski definition) is 4. The number of methoxy groups -OCH3 is 2. The molecule has 0 aliphatic carbocycles. The quantitative estimate of drug-likeness (QED) is 0.888. The maximum absolute atomic E-state index is 9.82. The molecular formula is C16H20O3S. The van der Waals surface area contributed by atoms with Crippen LogP contribution in [0, 0.1) is 0 Å². The first kappa shape index (κ1) is 14.9. The Morgan fingerprint density at radius 1 is 1.20 bits per heavy atom. The number of aliphatic hydroxyl groups is 1. The molecule has 1 atom stereocenters. The zero-order valence-corrected chi connectivity index (χ0v) is 12.9. The van der Waals surface area contributed by atoms with Crippen molar-refractivity contribution >= 4 is 11.3 Å². The average molecular weight is 292 g/mol. The summed E-state index contributed by atoms with van der Waals surface area (Å²) in [6.07, 6.45) is 0.719. The third kappa shape index (κ3) is 2.97. The van der Waals surface area contributed by atoms with E-state index in [0.29, 0.717) is 0 Å². The SMILES string of the molecule is COc1ccc(CC(C)(CO)c2cccs2)c(OC)c1. The number of ether oxygens (including phenoxy) is 2. The number of thiophene rings is 1. The van der Waals surface area contributed by atoms with Gasteiger partial charge in [-0.25, -0.2) is 0 Å². The molecule has 1 unspecified atom stereocenters. The van der Waals surface area contributed by atoms with Gasteiger partial charge in [0, 0.05) is 16.4 Å². The van der Waals surface area contributed by atoms with Gasteiger partial charge in [0.15, 0.2) is 0 Å². The lowest BCUT2D eigenvalue weighted by molar-refractivity contribution is 0.206. The molecule has 20 heavy (non-hydrogen) atoms. The highest BCUT2D eigenvalue weighted by Gasteiger charge is 2.28. The van der Waals surface area contributed by atoms with Crippen LogP contribution in [0.2, 0.25) is 0 Å². The smallest absolute Gasteiger partial charge is 0.125 e. The van der Waals surface area contributed by atoms with Gasteiger partial charge in [-0.3, -0.25) is 0 Å². The fourth-order valence-electron chi connectivity index (χ4n) is 2.26. The first-order valence-corrected chi connectivity index (χ1v) is 7.36. The van der Waals surface area contributed by atoms with Crippen LogP contribution >= 0.6 is 11.3 Å². The highest BCUT2D eigenvalue weighted by atomic mass is 32.1. The van der Waals surface area contributed by atoms with Crippen LogP contribution < -0.4 is 9.47 Å². The van der Waals surface area contributed by atoms with Crippen molar-refractivity contribution in [2.45, 2.75) is 18.8 Å². The van der Waals surface area contributed by atoms with E-state index in [9.17, 15) is 5.11 Å². The van der Waals surface area contributed by atoms with Gasteiger partial charge in [-0.1, -0.05) is 19.1 Å². The lowest BCUT2D eigenvalue weighted by atomic mass is 9.82. The molecule has 0 aliphatic heterocycles. The second-order valence-corrected chi connectivity index (χ2v) is 6.00. The number of hydrogen-bond donors (Lipinski definition) is 1. The minimum Gasteiger partial charge on any atom is -0.497 e. The summed E-state index contributed by atoms with van der Waals surface area (Å²) in [6, 6.07) is 9.88. The highest BCUT2D eigenvalue weighted by Crippen LogP contribution is 2.35. The fourth-order valence-corrected chi connectivity index (χ4v) is 3.14. The van der Waals surface area contributed by atoms with E-state index in [-0.39, 0.29) is 12.0 Å². The lowest BCUT2D eigenvalue weighted by Crippen LogP contribution is -2.28. The second kappa shape index (κ2) is 6.29. The Balaban J connectivity index is 2.32. The summed E-state index contributed by atoms with van der Waals surface area (Å²) in [7, 11) is 3.29. The van der Waals surface area contributed by atoms with Crippen LogP contribution in [0.3, 0.4) is 0 Å². The molecule has 0 radical (unpaired) electrons. The second-order valence-electron chi connectivity index (χ2n) is 5.05. The van der Waals surface area contributed by atoms with Crippen molar-refractivity contribution in [2.75, 3.05) is 20.8 Å². The average Bonchev–Trinajstić information content (AvgIpc) is 3.02. The minimum atomic E-state index is -0.296. The van der Waals surface area contributed by atoms with Gasteiger partial charge >= 0.3 is 0 Å². The molecular weight excluding hydrogens is 272 g/mol. The van der Waals surface area contributed by atoms with Crippen LogP contribution in [0.1, 0.15) is 17.4 Å². The molecule has 2 rings (SSSR count). The molecule has 0 aliphatic rings. The molecule has 0 saturated carbocycles. The molecule has 1 aromatic heterocycles. The summed E-state index contributed by atoms with van der Waals surface area (Å²) in [5.41, 5.74) is 0.772. The molecule has 0 fully saturated rings. The first-order valence-electron chi connectivity index (χ1n) is 6.48. The zero-order chi connectivity index (χ0) is 14.6. The molecule has 1 N–H and O–H groups in total. The van der Waals surface area contributed by atoms with Gasteiger partial charge in [0.25, 0.3) is 0 Å². The van der Waals surface area contributed by atoms with Gasteiger partial charge in [0.1, 0.15) is 11.5 Å². The van der Waals surface area contributed by atoms with Gasteiger partial charge < -0.3 is 14.6 Å². The molecule has 1 aromatic carbocycles. The molecule has 0 amide bonds. The minimum absolute atomic E-state index is 0.0999. The Morgan fingerprint density at radius 2 is 2.00 bits per heavy atom. The van der Waals surface area contributed by atoms with E-state index in [1.165, 1.54) is 4.88 Å². The third-order valence-corrected chi connectivity index (χ3v) is 4.72. The summed E-state index contributed by atoms with van der Waals surface area (Å²) < 4.78 is 10.7. The summed E-state index contributed by atoms with van der Waals surface area (Å²) in [4.78, 5) is 1.18. The van der Waals surface area contributed by atoms with Crippen LogP contribution in [0.15, 0.2) is 35.7 Å². The monoisotopic (exact) mass is 292 g/mol. The highest BCUT2D eigenvalue weighted by molar-refractivity contribution is 7.10. The molecule has 4 heteroatoms. The van der Waals surface area contributed by atoms with Gasteiger partial charge in [-0.15, -0.1) is 11.3 Å². The van der Waals surface area contributed by atoms with E-state index in [1.54, 1.807) is 25.6 Å². The molecule has 2 aromatic rings. The van der Waals surface area contributed by atoms with E-state index in [4.69, 9.17) is 9.47 Å². The largest absolute Gasteiger partial charge is 0.497 e. The van der Waals surface area contributed by atoms with Gasteiger partial charge in [0.05, 0.1) is 20.8 Å². The van der Waals surface area contributed by atoms with Crippen LogP contribution in [-0.2, 0) is 11.8 Å². The summed E-state index contributed by atoms with van der Waals surface area (Å²) >= 11 is 1.67. The molecule has 0 saturated heterocycles. The number of aliphatic hydroxyl groups excluding tert-OH is 1. The van der Waals surface area contributed by atoms with Crippen LogP contribution in [0.25, 0.3) is 0 Å². The third-order valence-electron chi connectivity index (χ3n) is 3.54. The Bertz CT molecular complexity index is 551. The maximum Gasteiger partial charge on any atom is 0.125 e. The Morgan fingerprint density at radius 3 is 2.55 bits per heavy atom. The van der Waals surface area contributed by atoms with Crippen LogP contribution in [0.4, 0.5) is 0 Å². The number of rotatable bonds is 6. The number of benzene rings is 1.